The van der Waals surface area contributed by atoms with Crippen molar-refractivity contribution in [2.45, 2.75) is 32.2 Å². The van der Waals surface area contributed by atoms with Crippen molar-refractivity contribution in [3.8, 4) is 0 Å². The molecular weight excluding hydrogens is 372 g/mol. The Kier molecular flexibility index (Phi) is 5.34. The van der Waals surface area contributed by atoms with Crippen LogP contribution in [0.2, 0.25) is 0 Å². The highest BCUT2D eigenvalue weighted by Crippen LogP contribution is 2.26. The summed E-state index contributed by atoms with van der Waals surface area (Å²) in [7, 11) is -3.67. The molecule has 1 saturated heterocycles. The molecule has 0 bridgehead atoms. The molecule has 0 spiro atoms. The first-order chi connectivity index (χ1) is 12.7. The number of aliphatic carboxylic acids is 1. The van der Waals surface area contributed by atoms with Gasteiger partial charge in [-0.15, -0.1) is 0 Å². The van der Waals surface area contributed by atoms with Crippen LogP contribution < -0.4 is 0 Å². The molecule has 0 saturated carbocycles. The van der Waals surface area contributed by atoms with Crippen LogP contribution in [0.3, 0.4) is 0 Å². The van der Waals surface area contributed by atoms with Gasteiger partial charge < -0.3 is 5.11 Å². The van der Waals surface area contributed by atoms with Crippen molar-refractivity contribution >= 4 is 27.8 Å². The highest BCUT2D eigenvalue weighted by Gasteiger charge is 2.38. The lowest BCUT2D eigenvalue weighted by Gasteiger charge is -2.35. The van der Waals surface area contributed by atoms with E-state index in [1.807, 2.05) is 0 Å². The van der Waals surface area contributed by atoms with E-state index in [4.69, 9.17) is 5.11 Å². The van der Waals surface area contributed by atoms with Crippen molar-refractivity contribution in [1.29, 1.82) is 0 Å². The minimum absolute atomic E-state index is 0.0101. The van der Waals surface area contributed by atoms with Crippen LogP contribution in [0.15, 0.2) is 24.3 Å². The molecular formula is C18H22N2O6S. The van der Waals surface area contributed by atoms with Crippen LogP contribution in [0.5, 0.6) is 0 Å². The largest absolute Gasteiger partial charge is 0.481 e. The predicted molar refractivity (Wildman–Crippen MR) is 96.7 cm³/mol. The normalized spacial score (nSPS) is 23.5. The van der Waals surface area contributed by atoms with Gasteiger partial charge in [0.25, 0.3) is 11.8 Å². The van der Waals surface area contributed by atoms with Gasteiger partial charge in [0.2, 0.25) is 10.0 Å². The number of amides is 2. The lowest BCUT2D eigenvalue weighted by molar-refractivity contribution is -0.143. The average Bonchev–Trinajstić information content (AvgIpc) is 2.87. The molecule has 9 heteroatoms. The Morgan fingerprint density at radius 2 is 1.74 bits per heavy atom. The van der Waals surface area contributed by atoms with Gasteiger partial charge in [-0.05, 0) is 38.3 Å². The molecule has 3 rings (SSSR count). The van der Waals surface area contributed by atoms with E-state index in [1.165, 1.54) is 4.31 Å². The molecule has 1 aromatic carbocycles. The third kappa shape index (κ3) is 3.74. The Balaban J connectivity index is 1.62. The molecule has 8 nitrogen and oxygen atoms in total. The topological polar surface area (TPSA) is 112 Å². The summed E-state index contributed by atoms with van der Waals surface area (Å²) in [5, 5.41) is 9.17. The highest BCUT2D eigenvalue weighted by atomic mass is 32.2. The molecule has 2 aliphatic rings. The summed E-state index contributed by atoms with van der Waals surface area (Å²) in [6, 6.07) is 6.25. The van der Waals surface area contributed by atoms with Crippen molar-refractivity contribution in [2.24, 2.45) is 5.92 Å². The first kappa shape index (κ1) is 19.5. The summed E-state index contributed by atoms with van der Waals surface area (Å²) in [4.78, 5) is 36.9. The van der Waals surface area contributed by atoms with Gasteiger partial charge in [-0.1, -0.05) is 12.1 Å². The Hall–Kier alpha value is -2.26. The van der Waals surface area contributed by atoms with Crippen molar-refractivity contribution in [1.82, 2.24) is 9.21 Å². The van der Waals surface area contributed by atoms with Crippen molar-refractivity contribution in [3.05, 3.63) is 35.4 Å². The van der Waals surface area contributed by atoms with E-state index in [0.717, 1.165) is 4.90 Å². The first-order valence-electron chi connectivity index (χ1n) is 8.90. The SMILES string of the molecule is CC1CCC(C(=O)O)CN1S(=O)(=O)CCCN1C(=O)c2ccccc2C1=O. The van der Waals surface area contributed by atoms with E-state index >= 15 is 0 Å². The van der Waals surface area contributed by atoms with Gasteiger partial charge in [0.05, 0.1) is 22.8 Å². The molecule has 2 aliphatic heterocycles. The zero-order valence-corrected chi connectivity index (χ0v) is 15.8. The Morgan fingerprint density at radius 3 is 2.30 bits per heavy atom. The summed E-state index contributed by atoms with van der Waals surface area (Å²) in [5.74, 6) is -2.76. The quantitative estimate of drug-likeness (QED) is 0.725. The minimum Gasteiger partial charge on any atom is -0.481 e. The number of carbonyl (C=O) groups is 3. The summed E-state index contributed by atoms with van der Waals surface area (Å²) < 4.78 is 26.6. The molecule has 2 atom stereocenters. The number of carboxylic acids is 1. The molecule has 1 N–H and O–H groups in total. The fourth-order valence-electron chi connectivity index (χ4n) is 3.63. The second-order valence-corrected chi connectivity index (χ2v) is 9.05. The molecule has 2 unspecified atom stereocenters. The van der Waals surface area contributed by atoms with Gasteiger partial charge in [0.1, 0.15) is 0 Å². The Labute approximate surface area is 157 Å². The van der Waals surface area contributed by atoms with E-state index < -0.39 is 33.7 Å². The molecule has 0 radical (unpaired) electrons. The summed E-state index contributed by atoms with van der Waals surface area (Å²) in [5.41, 5.74) is 0.665. The maximum atomic E-state index is 12.7. The van der Waals surface area contributed by atoms with Crippen LogP contribution >= 0.6 is 0 Å². The van der Waals surface area contributed by atoms with E-state index in [-0.39, 0.29) is 31.3 Å². The number of carbonyl (C=O) groups excluding carboxylic acids is 2. The third-order valence-electron chi connectivity index (χ3n) is 5.19. The van der Waals surface area contributed by atoms with Gasteiger partial charge in [0.15, 0.2) is 0 Å². The molecule has 146 valence electrons. The highest BCUT2D eigenvalue weighted by molar-refractivity contribution is 7.89. The lowest BCUT2D eigenvalue weighted by Crippen LogP contribution is -2.48. The minimum atomic E-state index is -3.67. The molecule has 1 fully saturated rings. The molecule has 2 heterocycles. The van der Waals surface area contributed by atoms with Crippen molar-refractivity contribution in [2.75, 3.05) is 18.8 Å². The van der Waals surface area contributed by atoms with Crippen molar-refractivity contribution in [3.63, 3.8) is 0 Å². The monoisotopic (exact) mass is 394 g/mol. The number of piperidine rings is 1. The van der Waals surface area contributed by atoms with Crippen LogP contribution in [-0.2, 0) is 14.8 Å². The predicted octanol–water partition coefficient (Wildman–Crippen LogP) is 1.19. The number of hydrogen-bond acceptors (Lipinski definition) is 5. The first-order valence-corrected chi connectivity index (χ1v) is 10.5. The Morgan fingerprint density at radius 1 is 1.15 bits per heavy atom. The fraction of sp³-hybridized carbons (Fsp3) is 0.500. The number of imide groups is 1. The second-order valence-electron chi connectivity index (χ2n) is 7.01. The maximum Gasteiger partial charge on any atom is 0.307 e. The second kappa shape index (κ2) is 7.40. The lowest BCUT2D eigenvalue weighted by atomic mass is 9.96. The molecule has 27 heavy (non-hydrogen) atoms. The van der Waals surface area contributed by atoms with Gasteiger partial charge in [-0.2, -0.15) is 4.31 Å². The third-order valence-corrected chi connectivity index (χ3v) is 7.22. The number of carboxylic acid groups (broad SMARTS) is 1. The van der Waals surface area contributed by atoms with E-state index in [2.05, 4.69) is 0 Å². The zero-order chi connectivity index (χ0) is 19.8. The molecule has 0 aromatic heterocycles. The molecule has 1 aromatic rings. The number of benzene rings is 1. The smallest absolute Gasteiger partial charge is 0.307 e. The maximum absolute atomic E-state index is 12.7. The van der Waals surface area contributed by atoms with Crippen LogP contribution in [0.4, 0.5) is 0 Å². The summed E-state index contributed by atoms with van der Waals surface area (Å²) in [6.07, 6.45) is 1.06. The van der Waals surface area contributed by atoms with Gasteiger partial charge >= 0.3 is 5.97 Å². The number of fused-ring (bicyclic) bond motifs is 1. The van der Waals surface area contributed by atoms with Crippen LogP contribution in [-0.4, -0.2) is 65.4 Å². The fourth-order valence-corrected chi connectivity index (χ4v) is 5.42. The summed E-state index contributed by atoms with van der Waals surface area (Å²) >= 11 is 0. The van der Waals surface area contributed by atoms with Gasteiger partial charge in [-0.25, -0.2) is 8.42 Å². The van der Waals surface area contributed by atoms with Crippen LogP contribution in [0.1, 0.15) is 46.9 Å². The Bertz CT molecular complexity index is 847. The van der Waals surface area contributed by atoms with E-state index in [9.17, 15) is 22.8 Å². The average molecular weight is 394 g/mol. The van der Waals surface area contributed by atoms with E-state index in [0.29, 0.717) is 24.0 Å². The molecule has 2 amide bonds. The number of hydrogen-bond donors (Lipinski definition) is 1. The van der Waals surface area contributed by atoms with Crippen molar-refractivity contribution < 1.29 is 27.9 Å². The van der Waals surface area contributed by atoms with E-state index in [1.54, 1.807) is 31.2 Å². The standard InChI is InChI=1S/C18H22N2O6S/c1-12-7-8-13(18(23)24)11-20(12)27(25,26)10-4-9-19-16(21)14-5-2-3-6-15(14)17(19)22/h2-3,5-6,12-13H,4,7-11H2,1H3,(H,23,24). The van der Waals surface area contributed by atoms with Crippen LogP contribution in [0.25, 0.3) is 0 Å². The summed E-state index contributed by atoms with van der Waals surface area (Å²) in [6.45, 7) is 1.74. The zero-order valence-electron chi connectivity index (χ0n) is 15.0. The number of nitrogens with zero attached hydrogens (tertiary/aromatic N) is 2. The van der Waals surface area contributed by atoms with Gasteiger partial charge in [-0.3, -0.25) is 19.3 Å². The molecule has 0 aliphatic carbocycles. The van der Waals surface area contributed by atoms with Gasteiger partial charge in [0, 0.05) is 19.1 Å². The number of rotatable bonds is 6. The van der Waals surface area contributed by atoms with Crippen LogP contribution in [0, 0.1) is 5.92 Å². The number of sulfonamides is 1.